The Balaban J connectivity index is 2.02. The second kappa shape index (κ2) is 6.67. The van der Waals surface area contributed by atoms with Crippen LogP contribution >= 0.6 is 23.3 Å². The first-order chi connectivity index (χ1) is 9.16. The molecule has 0 spiro atoms. The van der Waals surface area contributed by atoms with Gasteiger partial charge in [0, 0.05) is 5.25 Å². The van der Waals surface area contributed by atoms with Crippen LogP contribution in [0.25, 0.3) is 0 Å². The molecule has 0 radical (unpaired) electrons. The lowest BCUT2D eigenvalue weighted by molar-refractivity contribution is -0.125. The standard InChI is InChI=1S/C12H20N4OS2/c1-2-6-15-12(10(13)17)5-3-4-9(7-12)18-11-14-8-16-19-11/h8-9,15H,2-7H2,1H3,(H2,13,17). The molecule has 0 aromatic carbocycles. The van der Waals surface area contributed by atoms with Crippen LogP contribution in [0.3, 0.4) is 0 Å². The van der Waals surface area contributed by atoms with Crippen LogP contribution in [-0.2, 0) is 4.79 Å². The summed E-state index contributed by atoms with van der Waals surface area (Å²) in [7, 11) is 0. The fraction of sp³-hybridized carbons (Fsp3) is 0.750. The third-order valence-electron chi connectivity index (χ3n) is 3.50. The molecule has 1 aromatic heterocycles. The van der Waals surface area contributed by atoms with Crippen LogP contribution in [0, 0.1) is 0 Å². The molecule has 2 unspecified atom stereocenters. The highest BCUT2D eigenvalue weighted by molar-refractivity contribution is 8.01. The number of hydrogen-bond acceptors (Lipinski definition) is 6. The number of aromatic nitrogens is 2. The molecule has 2 rings (SSSR count). The lowest BCUT2D eigenvalue weighted by Gasteiger charge is -2.38. The summed E-state index contributed by atoms with van der Waals surface area (Å²) in [5, 5.41) is 3.76. The second-order valence-electron chi connectivity index (χ2n) is 4.92. The van der Waals surface area contributed by atoms with Gasteiger partial charge in [0.1, 0.15) is 6.33 Å². The van der Waals surface area contributed by atoms with Crippen molar-refractivity contribution in [2.24, 2.45) is 5.73 Å². The predicted octanol–water partition coefficient (Wildman–Crippen LogP) is 1.80. The number of nitrogens with two attached hydrogens (primary N) is 1. The highest BCUT2D eigenvalue weighted by atomic mass is 32.2. The summed E-state index contributed by atoms with van der Waals surface area (Å²) in [5.74, 6) is -0.219. The van der Waals surface area contributed by atoms with Crippen LogP contribution in [0.15, 0.2) is 10.7 Å². The van der Waals surface area contributed by atoms with Crippen molar-refractivity contribution in [2.75, 3.05) is 6.54 Å². The van der Waals surface area contributed by atoms with E-state index in [1.165, 1.54) is 11.5 Å². The van der Waals surface area contributed by atoms with E-state index in [0.29, 0.717) is 5.25 Å². The van der Waals surface area contributed by atoms with Gasteiger partial charge >= 0.3 is 0 Å². The number of hydrogen-bond donors (Lipinski definition) is 2. The van der Waals surface area contributed by atoms with E-state index in [-0.39, 0.29) is 5.91 Å². The molecule has 1 heterocycles. The van der Waals surface area contributed by atoms with Gasteiger partial charge in [0.15, 0.2) is 4.34 Å². The first kappa shape index (κ1) is 14.7. The van der Waals surface area contributed by atoms with Crippen molar-refractivity contribution in [1.82, 2.24) is 14.7 Å². The zero-order valence-electron chi connectivity index (χ0n) is 11.1. The van der Waals surface area contributed by atoms with Gasteiger partial charge < -0.3 is 11.1 Å². The lowest BCUT2D eigenvalue weighted by atomic mass is 9.80. The number of thioether (sulfide) groups is 1. The molecule has 0 saturated heterocycles. The van der Waals surface area contributed by atoms with E-state index >= 15 is 0 Å². The molecule has 2 atom stereocenters. The number of nitrogens with zero attached hydrogens (tertiary/aromatic N) is 2. The molecular formula is C12H20N4OS2. The maximum Gasteiger partial charge on any atom is 0.237 e. The Kier molecular flexibility index (Phi) is 5.18. The van der Waals surface area contributed by atoms with E-state index in [1.54, 1.807) is 18.1 Å². The third kappa shape index (κ3) is 3.67. The fourth-order valence-corrected chi connectivity index (χ4v) is 4.55. The van der Waals surface area contributed by atoms with Gasteiger partial charge in [0.25, 0.3) is 0 Å². The van der Waals surface area contributed by atoms with Gasteiger partial charge in [-0.05, 0) is 50.2 Å². The Bertz CT molecular complexity index is 412. The number of amides is 1. The molecule has 1 amide bonds. The average Bonchev–Trinajstić information content (AvgIpc) is 2.89. The Morgan fingerprint density at radius 2 is 2.58 bits per heavy atom. The van der Waals surface area contributed by atoms with Crippen molar-refractivity contribution in [3.63, 3.8) is 0 Å². The van der Waals surface area contributed by atoms with Gasteiger partial charge in [-0.1, -0.05) is 18.7 Å². The van der Waals surface area contributed by atoms with Gasteiger partial charge in [-0.3, -0.25) is 4.79 Å². The molecular weight excluding hydrogens is 280 g/mol. The van der Waals surface area contributed by atoms with Crippen molar-refractivity contribution in [1.29, 1.82) is 0 Å². The summed E-state index contributed by atoms with van der Waals surface area (Å²) in [5.41, 5.74) is 5.11. The summed E-state index contributed by atoms with van der Waals surface area (Å²) in [4.78, 5) is 16.1. The van der Waals surface area contributed by atoms with Gasteiger partial charge in [0.2, 0.25) is 5.91 Å². The highest BCUT2D eigenvalue weighted by Crippen LogP contribution is 2.38. The number of carbonyl (C=O) groups excluding carboxylic acids is 1. The van der Waals surface area contributed by atoms with Gasteiger partial charge in [0.05, 0.1) is 5.54 Å². The van der Waals surface area contributed by atoms with Gasteiger partial charge in [-0.2, -0.15) is 4.37 Å². The maximum atomic E-state index is 11.9. The second-order valence-corrected chi connectivity index (χ2v) is 7.24. The average molecular weight is 300 g/mol. The quantitative estimate of drug-likeness (QED) is 0.837. The third-order valence-corrected chi connectivity index (χ3v) is 5.52. The first-order valence-electron chi connectivity index (χ1n) is 6.64. The molecule has 5 nitrogen and oxygen atoms in total. The molecule has 19 heavy (non-hydrogen) atoms. The molecule has 1 aromatic rings. The Labute approximate surface area is 121 Å². The summed E-state index contributed by atoms with van der Waals surface area (Å²) in [6.07, 6.45) is 6.33. The van der Waals surface area contributed by atoms with E-state index in [0.717, 1.165) is 43.0 Å². The monoisotopic (exact) mass is 300 g/mol. The molecule has 106 valence electrons. The largest absolute Gasteiger partial charge is 0.368 e. The summed E-state index contributed by atoms with van der Waals surface area (Å²) in [6, 6.07) is 0. The molecule has 7 heteroatoms. The van der Waals surface area contributed by atoms with Crippen LogP contribution in [-0.4, -0.2) is 32.6 Å². The maximum absolute atomic E-state index is 11.9. The van der Waals surface area contributed by atoms with Crippen molar-refractivity contribution in [3.8, 4) is 0 Å². The summed E-state index contributed by atoms with van der Waals surface area (Å²) < 4.78 is 4.98. The smallest absolute Gasteiger partial charge is 0.237 e. The SMILES string of the molecule is CCCNC1(C(N)=O)CCCC(Sc2ncns2)C1. The van der Waals surface area contributed by atoms with E-state index in [2.05, 4.69) is 21.6 Å². The topological polar surface area (TPSA) is 80.9 Å². The molecule has 1 fully saturated rings. The van der Waals surface area contributed by atoms with E-state index in [1.807, 2.05) is 0 Å². The van der Waals surface area contributed by atoms with Crippen LogP contribution in [0.2, 0.25) is 0 Å². The van der Waals surface area contributed by atoms with Crippen LogP contribution in [0.4, 0.5) is 0 Å². The predicted molar refractivity (Wildman–Crippen MR) is 78.2 cm³/mol. The highest BCUT2D eigenvalue weighted by Gasteiger charge is 2.41. The Morgan fingerprint density at radius 1 is 1.74 bits per heavy atom. The molecule has 1 aliphatic rings. The summed E-state index contributed by atoms with van der Waals surface area (Å²) in [6.45, 7) is 2.93. The van der Waals surface area contributed by atoms with E-state index in [4.69, 9.17) is 5.73 Å². The number of carbonyl (C=O) groups is 1. The molecule has 1 aliphatic carbocycles. The van der Waals surface area contributed by atoms with Crippen LogP contribution in [0.5, 0.6) is 0 Å². The number of nitrogens with one attached hydrogen (secondary N) is 1. The fourth-order valence-electron chi connectivity index (χ4n) is 2.52. The normalized spacial score (nSPS) is 27.3. The number of rotatable bonds is 6. The van der Waals surface area contributed by atoms with Crippen LogP contribution in [0.1, 0.15) is 39.0 Å². The zero-order valence-corrected chi connectivity index (χ0v) is 12.7. The van der Waals surface area contributed by atoms with Crippen molar-refractivity contribution in [2.45, 2.75) is 54.2 Å². The van der Waals surface area contributed by atoms with E-state index in [9.17, 15) is 4.79 Å². The van der Waals surface area contributed by atoms with E-state index < -0.39 is 5.54 Å². The first-order valence-corrected chi connectivity index (χ1v) is 8.30. The van der Waals surface area contributed by atoms with Crippen molar-refractivity contribution >= 4 is 29.2 Å². The lowest BCUT2D eigenvalue weighted by Crippen LogP contribution is -2.58. The number of primary amides is 1. The molecule has 0 bridgehead atoms. The molecule has 1 saturated carbocycles. The van der Waals surface area contributed by atoms with Crippen molar-refractivity contribution < 1.29 is 4.79 Å². The van der Waals surface area contributed by atoms with Crippen LogP contribution < -0.4 is 11.1 Å². The minimum Gasteiger partial charge on any atom is -0.368 e. The minimum absolute atomic E-state index is 0.219. The minimum atomic E-state index is -0.531. The Morgan fingerprint density at radius 3 is 3.21 bits per heavy atom. The Hall–Kier alpha value is -0.660. The molecule has 3 N–H and O–H groups in total. The zero-order chi connectivity index (χ0) is 13.7. The van der Waals surface area contributed by atoms with Gasteiger partial charge in [-0.15, -0.1) is 0 Å². The van der Waals surface area contributed by atoms with Gasteiger partial charge in [-0.25, -0.2) is 4.98 Å². The van der Waals surface area contributed by atoms with Crippen molar-refractivity contribution in [3.05, 3.63) is 6.33 Å². The molecule has 0 aliphatic heterocycles. The summed E-state index contributed by atoms with van der Waals surface area (Å²) >= 11 is 3.13.